The number of amides is 1. The Balaban J connectivity index is 1.92. The summed E-state index contributed by atoms with van der Waals surface area (Å²) < 4.78 is 15.7. The van der Waals surface area contributed by atoms with E-state index < -0.39 is 5.97 Å². The van der Waals surface area contributed by atoms with E-state index in [-0.39, 0.29) is 23.3 Å². The number of ether oxygens (including phenoxy) is 3. The highest BCUT2D eigenvalue weighted by Gasteiger charge is 2.28. The Kier molecular flexibility index (Phi) is 6.74. The molecule has 0 spiro atoms. The van der Waals surface area contributed by atoms with Crippen molar-refractivity contribution in [2.75, 3.05) is 25.3 Å². The predicted octanol–water partition coefficient (Wildman–Crippen LogP) is 4.10. The lowest BCUT2D eigenvalue weighted by Gasteiger charge is -2.14. The van der Waals surface area contributed by atoms with Crippen LogP contribution in [0.2, 0.25) is 5.02 Å². The fourth-order valence-electron chi connectivity index (χ4n) is 2.86. The minimum Gasteiger partial charge on any atom is -0.490 e. The van der Waals surface area contributed by atoms with Gasteiger partial charge in [-0.1, -0.05) is 29.8 Å². The number of benzene rings is 2. The molecule has 0 unspecified atom stereocenters. The summed E-state index contributed by atoms with van der Waals surface area (Å²) in [5.74, 6) is -0.177. The molecule has 0 saturated heterocycles. The van der Waals surface area contributed by atoms with Crippen LogP contribution in [0.4, 0.5) is 5.69 Å². The maximum Gasteiger partial charge on any atom is 0.343 e. The van der Waals surface area contributed by atoms with Crippen molar-refractivity contribution in [1.82, 2.24) is 0 Å². The normalized spacial score (nSPS) is 14.7. The number of hydrogen-bond donors (Lipinski definition) is 0. The highest BCUT2D eigenvalue weighted by atomic mass is 35.5. The van der Waals surface area contributed by atoms with Crippen LogP contribution in [0.25, 0.3) is 6.08 Å². The minimum atomic E-state index is -0.538. The second-order valence-electron chi connectivity index (χ2n) is 6.32. The molecule has 1 aliphatic rings. The van der Waals surface area contributed by atoms with E-state index in [9.17, 15) is 9.59 Å². The van der Waals surface area contributed by atoms with E-state index in [1.54, 1.807) is 25.1 Å². The summed E-state index contributed by atoms with van der Waals surface area (Å²) in [6.45, 7) is 3.66. The van der Waals surface area contributed by atoms with Gasteiger partial charge in [0.05, 0.1) is 35.7 Å². The molecule has 0 fully saturated rings. The third kappa shape index (κ3) is 4.63. The van der Waals surface area contributed by atoms with Crippen LogP contribution in [-0.4, -0.2) is 37.9 Å². The molecule has 1 heterocycles. The SMILES string of the molecule is CCOc1cc(/C=C2\C(=O)N(c3ccccc3)N=C2C)cc(Cl)c1OCC(=O)OC. The maximum atomic E-state index is 12.9. The van der Waals surface area contributed by atoms with Gasteiger partial charge in [-0.25, -0.2) is 4.79 Å². The fraction of sp³-hybridized carbons (Fsp3) is 0.227. The second kappa shape index (κ2) is 9.45. The molecule has 0 N–H and O–H groups in total. The lowest BCUT2D eigenvalue weighted by molar-refractivity contribution is -0.142. The van der Waals surface area contributed by atoms with Crippen LogP contribution < -0.4 is 14.5 Å². The van der Waals surface area contributed by atoms with Crippen molar-refractivity contribution < 1.29 is 23.8 Å². The standard InChI is InChI=1S/C22H21ClN2O5/c1-4-29-19-12-15(11-18(23)21(19)30-13-20(26)28-3)10-17-14(2)24-25(22(17)27)16-8-6-5-7-9-16/h5-12H,4,13H2,1-3H3/b17-10-. The van der Waals surface area contributed by atoms with Crippen molar-refractivity contribution in [1.29, 1.82) is 0 Å². The molecule has 3 rings (SSSR count). The average molecular weight is 429 g/mol. The summed E-state index contributed by atoms with van der Waals surface area (Å²) in [5, 5.41) is 5.97. The predicted molar refractivity (Wildman–Crippen MR) is 115 cm³/mol. The van der Waals surface area contributed by atoms with Gasteiger partial charge in [0.2, 0.25) is 0 Å². The lowest BCUT2D eigenvalue weighted by atomic mass is 10.1. The van der Waals surface area contributed by atoms with Gasteiger partial charge in [0, 0.05) is 0 Å². The van der Waals surface area contributed by atoms with Crippen molar-refractivity contribution in [2.45, 2.75) is 13.8 Å². The molecule has 2 aromatic carbocycles. The third-order valence-electron chi connectivity index (χ3n) is 4.27. The summed E-state index contributed by atoms with van der Waals surface area (Å²) in [7, 11) is 1.27. The number of methoxy groups -OCH3 is 1. The lowest BCUT2D eigenvalue weighted by Crippen LogP contribution is -2.21. The molecular weight excluding hydrogens is 408 g/mol. The smallest absolute Gasteiger partial charge is 0.343 e. The van der Waals surface area contributed by atoms with Crippen LogP contribution in [-0.2, 0) is 14.3 Å². The molecule has 0 saturated carbocycles. The summed E-state index contributed by atoms with van der Waals surface area (Å²) in [6.07, 6.45) is 1.70. The number of nitrogens with zero attached hydrogens (tertiary/aromatic N) is 2. The quantitative estimate of drug-likeness (QED) is 0.490. The van der Waals surface area contributed by atoms with E-state index >= 15 is 0 Å². The summed E-state index contributed by atoms with van der Waals surface area (Å²) in [6, 6.07) is 12.5. The summed E-state index contributed by atoms with van der Waals surface area (Å²) in [5.41, 5.74) is 2.36. The molecule has 2 aromatic rings. The summed E-state index contributed by atoms with van der Waals surface area (Å²) >= 11 is 6.37. The van der Waals surface area contributed by atoms with E-state index in [1.807, 2.05) is 37.3 Å². The molecule has 0 bridgehead atoms. The molecular formula is C22H21ClN2O5. The van der Waals surface area contributed by atoms with Crippen LogP contribution in [0.3, 0.4) is 0 Å². The molecule has 1 aliphatic heterocycles. The van der Waals surface area contributed by atoms with Crippen LogP contribution in [0, 0.1) is 0 Å². The second-order valence-corrected chi connectivity index (χ2v) is 6.73. The first kappa shape index (κ1) is 21.4. The molecule has 1 amide bonds. The first-order valence-electron chi connectivity index (χ1n) is 9.27. The van der Waals surface area contributed by atoms with Gasteiger partial charge in [0.25, 0.3) is 5.91 Å². The van der Waals surface area contributed by atoms with Gasteiger partial charge in [-0.3, -0.25) is 4.79 Å². The number of para-hydroxylation sites is 1. The van der Waals surface area contributed by atoms with Crippen LogP contribution >= 0.6 is 11.6 Å². The van der Waals surface area contributed by atoms with E-state index in [4.69, 9.17) is 21.1 Å². The van der Waals surface area contributed by atoms with Gasteiger partial charge < -0.3 is 14.2 Å². The Labute approximate surface area is 179 Å². The molecule has 156 valence electrons. The number of carbonyl (C=O) groups is 2. The zero-order valence-corrected chi connectivity index (χ0v) is 17.6. The highest BCUT2D eigenvalue weighted by molar-refractivity contribution is 6.33. The van der Waals surface area contributed by atoms with Gasteiger partial charge in [-0.2, -0.15) is 10.1 Å². The molecule has 8 heteroatoms. The number of esters is 1. The number of anilines is 1. The van der Waals surface area contributed by atoms with E-state index in [0.29, 0.717) is 34.9 Å². The number of halogens is 1. The van der Waals surface area contributed by atoms with Crippen LogP contribution in [0.5, 0.6) is 11.5 Å². The largest absolute Gasteiger partial charge is 0.490 e. The Hall–Kier alpha value is -3.32. The monoisotopic (exact) mass is 428 g/mol. The Morgan fingerprint density at radius 1 is 1.20 bits per heavy atom. The minimum absolute atomic E-state index is 0.236. The van der Waals surface area contributed by atoms with Gasteiger partial charge in [-0.05, 0) is 49.8 Å². The maximum absolute atomic E-state index is 12.9. The van der Waals surface area contributed by atoms with Crippen LogP contribution in [0.1, 0.15) is 19.4 Å². The van der Waals surface area contributed by atoms with Gasteiger partial charge in [0.15, 0.2) is 18.1 Å². The van der Waals surface area contributed by atoms with Gasteiger partial charge >= 0.3 is 5.97 Å². The zero-order chi connectivity index (χ0) is 21.7. The Morgan fingerprint density at radius 3 is 2.60 bits per heavy atom. The third-order valence-corrected chi connectivity index (χ3v) is 4.55. The van der Waals surface area contributed by atoms with E-state index in [1.165, 1.54) is 12.1 Å². The van der Waals surface area contributed by atoms with Crippen molar-refractivity contribution >= 4 is 41.0 Å². The number of hydrogen-bond acceptors (Lipinski definition) is 6. The van der Waals surface area contributed by atoms with E-state index in [0.717, 1.165) is 0 Å². The number of carbonyl (C=O) groups excluding carboxylic acids is 2. The molecule has 0 aliphatic carbocycles. The first-order valence-corrected chi connectivity index (χ1v) is 9.65. The molecule has 0 aromatic heterocycles. The first-order chi connectivity index (χ1) is 14.4. The van der Waals surface area contributed by atoms with Crippen molar-refractivity contribution in [2.24, 2.45) is 5.10 Å². The zero-order valence-electron chi connectivity index (χ0n) is 16.8. The molecule has 0 radical (unpaired) electrons. The van der Waals surface area contributed by atoms with Gasteiger partial charge in [-0.15, -0.1) is 0 Å². The van der Waals surface area contributed by atoms with Gasteiger partial charge in [0.1, 0.15) is 0 Å². The number of hydrazone groups is 1. The van der Waals surface area contributed by atoms with Crippen molar-refractivity contribution in [3.8, 4) is 11.5 Å². The fourth-order valence-corrected chi connectivity index (χ4v) is 3.13. The molecule has 30 heavy (non-hydrogen) atoms. The van der Waals surface area contributed by atoms with Crippen molar-refractivity contribution in [3.05, 3.63) is 58.6 Å². The molecule has 7 nitrogen and oxygen atoms in total. The average Bonchev–Trinajstić information content (AvgIpc) is 3.02. The topological polar surface area (TPSA) is 77.4 Å². The Bertz CT molecular complexity index is 1020. The van der Waals surface area contributed by atoms with E-state index in [2.05, 4.69) is 9.84 Å². The number of rotatable bonds is 7. The molecule has 0 atom stereocenters. The van der Waals surface area contributed by atoms with Crippen molar-refractivity contribution in [3.63, 3.8) is 0 Å². The Morgan fingerprint density at radius 2 is 1.93 bits per heavy atom. The summed E-state index contributed by atoms with van der Waals surface area (Å²) in [4.78, 5) is 24.3. The highest BCUT2D eigenvalue weighted by Crippen LogP contribution is 2.38. The van der Waals surface area contributed by atoms with Crippen LogP contribution in [0.15, 0.2) is 53.1 Å².